The van der Waals surface area contributed by atoms with Crippen LogP contribution in [0.5, 0.6) is 0 Å². The predicted molar refractivity (Wildman–Crippen MR) is 71.2 cm³/mol. The van der Waals surface area contributed by atoms with Gasteiger partial charge >= 0.3 is 0 Å². The molecule has 0 atom stereocenters. The Bertz CT molecular complexity index is 514. The van der Waals surface area contributed by atoms with E-state index in [1.165, 1.54) is 11.3 Å². The van der Waals surface area contributed by atoms with Gasteiger partial charge in [-0.25, -0.2) is 0 Å². The van der Waals surface area contributed by atoms with Gasteiger partial charge in [-0.05, 0) is 25.0 Å². The van der Waals surface area contributed by atoms with Crippen molar-refractivity contribution in [2.75, 3.05) is 30.0 Å². The second kappa shape index (κ2) is 4.91. The highest BCUT2D eigenvalue weighted by atomic mass is 15.3. The van der Waals surface area contributed by atoms with Gasteiger partial charge in [0.25, 0.3) is 0 Å². The Hall–Kier alpha value is -2.31. The Balaban J connectivity index is 2.03. The van der Waals surface area contributed by atoms with Crippen LogP contribution in [0, 0.1) is 6.92 Å². The van der Waals surface area contributed by atoms with E-state index in [1.807, 2.05) is 25.1 Å². The van der Waals surface area contributed by atoms with Gasteiger partial charge in [0.2, 0.25) is 17.8 Å². The van der Waals surface area contributed by atoms with Crippen LogP contribution in [0.15, 0.2) is 12.3 Å². The molecule has 18 heavy (non-hydrogen) atoms. The van der Waals surface area contributed by atoms with Crippen molar-refractivity contribution in [1.29, 1.82) is 0 Å². The number of nitrogens with one attached hydrogen (secondary N) is 1. The van der Waals surface area contributed by atoms with Crippen LogP contribution < -0.4 is 16.4 Å². The van der Waals surface area contributed by atoms with Crippen LogP contribution in [0.25, 0.3) is 0 Å². The number of likely N-dealkylation sites (N-methyl/N-ethyl adjacent to an activating group) is 1. The van der Waals surface area contributed by atoms with Crippen LogP contribution in [0.1, 0.15) is 11.3 Å². The zero-order valence-corrected chi connectivity index (χ0v) is 10.5. The average molecular weight is 247 g/mol. The van der Waals surface area contributed by atoms with E-state index in [-0.39, 0.29) is 11.9 Å². The van der Waals surface area contributed by atoms with Crippen LogP contribution in [0.3, 0.4) is 0 Å². The van der Waals surface area contributed by atoms with Crippen LogP contribution in [0.2, 0.25) is 0 Å². The molecule has 5 N–H and O–H groups in total. The second-order valence-electron chi connectivity index (χ2n) is 4.15. The topological polar surface area (TPSA) is 110 Å². The molecule has 0 unspecified atom stereocenters. The van der Waals surface area contributed by atoms with Crippen molar-refractivity contribution in [2.24, 2.45) is 0 Å². The summed E-state index contributed by atoms with van der Waals surface area (Å²) in [5.41, 5.74) is 13.5. The van der Waals surface area contributed by atoms with Crippen molar-refractivity contribution < 1.29 is 0 Å². The first-order valence-electron chi connectivity index (χ1n) is 5.67. The molecule has 2 aromatic heterocycles. The Kier molecular flexibility index (Phi) is 3.31. The fourth-order valence-corrected chi connectivity index (χ4v) is 1.71. The summed E-state index contributed by atoms with van der Waals surface area (Å²) in [6, 6.07) is 2.07. The quantitative estimate of drug-likeness (QED) is 0.719. The highest BCUT2D eigenvalue weighted by Gasteiger charge is 2.08. The van der Waals surface area contributed by atoms with Gasteiger partial charge in [-0.2, -0.15) is 15.0 Å². The normalized spacial score (nSPS) is 10.6. The number of aromatic amines is 1. The molecule has 0 aromatic carbocycles. The molecule has 0 saturated carbocycles. The van der Waals surface area contributed by atoms with Gasteiger partial charge in [-0.1, -0.05) is 0 Å². The summed E-state index contributed by atoms with van der Waals surface area (Å²) in [5, 5.41) is 0. The van der Waals surface area contributed by atoms with Crippen molar-refractivity contribution in [3.63, 3.8) is 0 Å². The molecule has 7 nitrogen and oxygen atoms in total. The number of aromatic nitrogens is 4. The maximum absolute atomic E-state index is 5.54. The number of aryl methyl sites for hydroxylation is 1. The first-order valence-corrected chi connectivity index (χ1v) is 5.67. The fraction of sp³-hybridized carbons (Fsp3) is 0.364. The zero-order valence-electron chi connectivity index (χ0n) is 10.5. The van der Waals surface area contributed by atoms with E-state index in [9.17, 15) is 0 Å². The predicted octanol–water partition coefficient (Wildman–Crippen LogP) is 0.351. The van der Waals surface area contributed by atoms with Crippen molar-refractivity contribution in [1.82, 2.24) is 19.9 Å². The Morgan fingerprint density at radius 1 is 1.22 bits per heavy atom. The molecule has 0 spiro atoms. The first kappa shape index (κ1) is 12.2. The van der Waals surface area contributed by atoms with Gasteiger partial charge in [-0.15, -0.1) is 0 Å². The molecule has 96 valence electrons. The second-order valence-corrected chi connectivity index (χ2v) is 4.15. The molecular formula is C11H17N7. The number of anilines is 3. The van der Waals surface area contributed by atoms with E-state index in [1.54, 1.807) is 0 Å². The first-order chi connectivity index (χ1) is 8.56. The lowest BCUT2D eigenvalue weighted by atomic mass is 10.2. The number of nitrogens with zero attached hydrogens (tertiary/aromatic N) is 4. The monoisotopic (exact) mass is 247 g/mol. The number of rotatable bonds is 4. The van der Waals surface area contributed by atoms with E-state index in [0.29, 0.717) is 5.95 Å². The van der Waals surface area contributed by atoms with Crippen LogP contribution >= 0.6 is 0 Å². The third kappa shape index (κ3) is 2.68. The third-order valence-electron chi connectivity index (χ3n) is 2.78. The van der Waals surface area contributed by atoms with Crippen LogP contribution in [0.4, 0.5) is 17.8 Å². The minimum Gasteiger partial charge on any atom is -0.368 e. The summed E-state index contributed by atoms with van der Waals surface area (Å²) in [4.78, 5) is 16.9. The molecule has 7 heteroatoms. The van der Waals surface area contributed by atoms with Crippen molar-refractivity contribution in [2.45, 2.75) is 13.3 Å². The molecule has 0 fully saturated rings. The molecule has 0 amide bonds. The van der Waals surface area contributed by atoms with E-state index < -0.39 is 0 Å². The van der Waals surface area contributed by atoms with E-state index in [2.05, 4.69) is 26.0 Å². The lowest BCUT2D eigenvalue weighted by Gasteiger charge is -2.16. The SMILES string of the molecule is Cc1[nH]ccc1CCN(C)c1nc(N)nc(N)n1. The minimum absolute atomic E-state index is 0.141. The lowest BCUT2D eigenvalue weighted by molar-refractivity contribution is 0.830. The largest absolute Gasteiger partial charge is 0.368 e. The lowest BCUT2D eigenvalue weighted by Crippen LogP contribution is -2.24. The highest BCUT2D eigenvalue weighted by molar-refractivity contribution is 5.39. The highest BCUT2D eigenvalue weighted by Crippen LogP contribution is 2.11. The molecule has 0 aliphatic rings. The summed E-state index contributed by atoms with van der Waals surface area (Å²) in [6.07, 6.45) is 2.83. The molecule has 0 aliphatic carbocycles. The van der Waals surface area contributed by atoms with Crippen LogP contribution in [-0.4, -0.2) is 33.5 Å². The molecule has 0 aliphatic heterocycles. The number of hydrogen-bond acceptors (Lipinski definition) is 6. The van der Waals surface area contributed by atoms with Gasteiger partial charge in [-0.3, -0.25) is 0 Å². The number of hydrogen-bond donors (Lipinski definition) is 3. The van der Waals surface area contributed by atoms with Gasteiger partial charge < -0.3 is 21.4 Å². The summed E-state index contributed by atoms with van der Waals surface area (Å²) in [5.74, 6) is 0.775. The number of nitrogen functional groups attached to an aromatic ring is 2. The van der Waals surface area contributed by atoms with Gasteiger partial charge in [0.1, 0.15) is 0 Å². The Morgan fingerprint density at radius 3 is 2.44 bits per heavy atom. The molecule has 2 heterocycles. The van der Waals surface area contributed by atoms with Crippen molar-refractivity contribution in [3.8, 4) is 0 Å². The minimum atomic E-state index is 0.141. The van der Waals surface area contributed by atoms with Crippen LogP contribution in [-0.2, 0) is 6.42 Å². The summed E-state index contributed by atoms with van der Waals surface area (Å²) >= 11 is 0. The maximum atomic E-state index is 5.54. The summed E-state index contributed by atoms with van der Waals surface area (Å²) in [7, 11) is 1.90. The average Bonchev–Trinajstić information content (AvgIpc) is 2.70. The van der Waals surface area contributed by atoms with E-state index in [4.69, 9.17) is 11.5 Å². The Morgan fingerprint density at radius 2 is 1.89 bits per heavy atom. The van der Waals surface area contributed by atoms with Crippen molar-refractivity contribution in [3.05, 3.63) is 23.5 Å². The van der Waals surface area contributed by atoms with Gasteiger partial charge in [0.15, 0.2) is 0 Å². The number of H-pyrrole nitrogens is 1. The van der Waals surface area contributed by atoms with E-state index in [0.717, 1.165) is 13.0 Å². The molecule has 2 aromatic rings. The zero-order chi connectivity index (χ0) is 13.1. The summed E-state index contributed by atoms with van der Waals surface area (Å²) < 4.78 is 0. The van der Waals surface area contributed by atoms with Gasteiger partial charge in [0.05, 0.1) is 0 Å². The standard InChI is InChI=1S/C11H17N7/c1-7-8(3-5-14-7)4-6-18(2)11-16-9(12)15-10(13)17-11/h3,5,14H,4,6H2,1-2H3,(H4,12,13,15,16,17). The smallest absolute Gasteiger partial charge is 0.231 e. The molecule has 0 radical (unpaired) electrons. The molecule has 2 rings (SSSR count). The van der Waals surface area contributed by atoms with Crippen molar-refractivity contribution >= 4 is 17.8 Å². The Labute approximate surface area is 105 Å². The van der Waals surface area contributed by atoms with Gasteiger partial charge in [0, 0.05) is 25.5 Å². The number of nitrogens with two attached hydrogens (primary N) is 2. The molecule has 0 saturated heterocycles. The molecular weight excluding hydrogens is 230 g/mol. The van der Waals surface area contributed by atoms with E-state index >= 15 is 0 Å². The fourth-order valence-electron chi connectivity index (χ4n) is 1.71. The maximum Gasteiger partial charge on any atom is 0.231 e. The third-order valence-corrected chi connectivity index (χ3v) is 2.78. The molecule has 0 bridgehead atoms. The summed E-state index contributed by atoms with van der Waals surface area (Å²) in [6.45, 7) is 2.83.